The fourth-order valence-corrected chi connectivity index (χ4v) is 2.05. The smallest absolute Gasteiger partial charge is 0.0951 e. The third kappa shape index (κ3) is 2.79. The molecule has 1 aromatic carbocycles. The minimum Gasteiger partial charge on any atom is -0.330 e. The predicted octanol–water partition coefficient (Wildman–Crippen LogP) is 2.69. The van der Waals surface area contributed by atoms with Gasteiger partial charge >= 0.3 is 0 Å². The minimum absolute atomic E-state index is 0.119. The third-order valence-electron chi connectivity index (χ3n) is 3.09. The highest BCUT2D eigenvalue weighted by molar-refractivity contribution is 5.23. The Bertz CT molecular complexity index is 503. The first-order valence-corrected chi connectivity index (χ1v) is 6.29. The molecule has 0 bridgehead atoms. The van der Waals surface area contributed by atoms with Crippen LogP contribution in [0, 0.1) is 0 Å². The van der Waals surface area contributed by atoms with Gasteiger partial charge in [0.2, 0.25) is 0 Å². The lowest BCUT2D eigenvalue weighted by molar-refractivity contribution is 0.531. The van der Waals surface area contributed by atoms with Crippen LogP contribution in [0.3, 0.4) is 0 Å². The molecule has 2 aromatic rings. The fourth-order valence-electron chi connectivity index (χ4n) is 2.05. The van der Waals surface area contributed by atoms with Crippen molar-refractivity contribution in [2.75, 3.05) is 0 Å². The van der Waals surface area contributed by atoms with Gasteiger partial charge < -0.3 is 10.3 Å². The van der Waals surface area contributed by atoms with Crippen LogP contribution >= 0.6 is 0 Å². The molecule has 0 radical (unpaired) electrons. The number of imidazole rings is 1. The van der Waals surface area contributed by atoms with Crippen molar-refractivity contribution in [3.05, 3.63) is 53.6 Å². The highest BCUT2D eigenvalue weighted by Gasteiger charge is 2.18. The summed E-state index contributed by atoms with van der Waals surface area (Å²) in [6, 6.07) is 8.44. The van der Waals surface area contributed by atoms with Crippen LogP contribution in [-0.2, 0) is 18.5 Å². The molecule has 0 saturated heterocycles. The molecule has 0 spiro atoms. The van der Waals surface area contributed by atoms with E-state index in [9.17, 15) is 0 Å². The number of nitrogens with zero attached hydrogens (tertiary/aromatic N) is 2. The SMILES string of the molecule is CC(C)(C)c1cncn1Cc1ccc(CN)cc1. The van der Waals surface area contributed by atoms with Crippen molar-refractivity contribution in [2.24, 2.45) is 5.73 Å². The highest BCUT2D eigenvalue weighted by atomic mass is 15.0. The number of hydrogen-bond donors (Lipinski definition) is 1. The monoisotopic (exact) mass is 243 g/mol. The van der Waals surface area contributed by atoms with Crippen molar-refractivity contribution in [3.8, 4) is 0 Å². The van der Waals surface area contributed by atoms with Crippen molar-refractivity contribution in [1.29, 1.82) is 0 Å². The summed E-state index contributed by atoms with van der Waals surface area (Å²) in [6.45, 7) is 8.07. The molecule has 0 unspecified atom stereocenters. The molecule has 1 aromatic heterocycles. The molecule has 2 rings (SSSR count). The lowest BCUT2D eigenvalue weighted by Gasteiger charge is -2.20. The van der Waals surface area contributed by atoms with Gasteiger partial charge in [0, 0.05) is 30.4 Å². The van der Waals surface area contributed by atoms with Gasteiger partial charge in [0.05, 0.1) is 6.33 Å². The van der Waals surface area contributed by atoms with Gasteiger partial charge in [-0.25, -0.2) is 4.98 Å². The molecule has 0 saturated carbocycles. The van der Waals surface area contributed by atoms with Crippen LogP contribution in [0.5, 0.6) is 0 Å². The Hall–Kier alpha value is -1.61. The van der Waals surface area contributed by atoms with Gasteiger partial charge in [-0.3, -0.25) is 0 Å². The number of benzene rings is 1. The maximum atomic E-state index is 5.60. The summed E-state index contributed by atoms with van der Waals surface area (Å²) in [5, 5.41) is 0. The summed E-state index contributed by atoms with van der Waals surface area (Å²) in [5.74, 6) is 0. The van der Waals surface area contributed by atoms with E-state index in [1.54, 1.807) is 0 Å². The Morgan fingerprint density at radius 2 is 1.72 bits per heavy atom. The standard InChI is InChI=1S/C15H21N3/c1-15(2,3)14-9-17-11-18(14)10-13-6-4-12(8-16)5-7-13/h4-7,9,11H,8,10,16H2,1-3H3. The Morgan fingerprint density at radius 1 is 1.11 bits per heavy atom. The van der Waals surface area contributed by atoms with Gasteiger partial charge in [0.15, 0.2) is 0 Å². The van der Waals surface area contributed by atoms with E-state index in [0.717, 1.165) is 6.54 Å². The quantitative estimate of drug-likeness (QED) is 0.900. The van der Waals surface area contributed by atoms with Gasteiger partial charge in [-0.15, -0.1) is 0 Å². The van der Waals surface area contributed by atoms with Crippen LogP contribution in [0.2, 0.25) is 0 Å². The van der Waals surface area contributed by atoms with E-state index >= 15 is 0 Å². The van der Waals surface area contributed by atoms with Gasteiger partial charge in [0.1, 0.15) is 0 Å². The van der Waals surface area contributed by atoms with Gasteiger partial charge in [-0.05, 0) is 11.1 Å². The Balaban J connectivity index is 2.21. The number of nitrogens with two attached hydrogens (primary N) is 1. The molecule has 0 atom stereocenters. The lowest BCUT2D eigenvalue weighted by Crippen LogP contribution is -2.17. The maximum absolute atomic E-state index is 5.60. The zero-order valence-electron chi connectivity index (χ0n) is 11.4. The molecule has 3 nitrogen and oxygen atoms in total. The third-order valence-corrected chi connectivity index (χ3v) is 3.09. The van der Waals surface area contributed by atoms with E-state index in [1.807, 2.05) is 12.5 Å². The zero-order valence-corrected chi connectivity index (χ0v) is 11.4. The maximum Gasteiger partial charge on any atom is 0.0951 e. The van der Waals surface area contributed by atoms with Crippen LogP contribution in [0.4, 0.5) is 0 Å². The van der Waals surface area contributed by atoms with E-state index in [1.165, 1.54) is 16.8 Å². The van der Waals surface area contributed by atoms with Gasteiger partial charge in [0.25, 0.3) is 0 Å². The highest BCUT2D eigenvalue weighted by Crippen LogP contribution is 2.22. The van der Waals surface area contributed by atoms with Crippen molar-refractivity contribution in [2.45, 2.75) is 39.3 Å². The van der Waals surface area contributed by atoms with Crippen LogP contribution in [0.15, 0.2) is 36.8 Å². The average Bonchev–Trinajstić information content (AvgIpc) is 2.78. The first-order chi connectivity index (χ1) is 8.50. The molecule has 2 N–H and O–H groups in total. The molecule has 0 fully saturated rings. The average molecular weight is 243 g/mol. The van der Waals surface area contributed by atoms with Crippen LogP contribution in [0.1, 0.15) is 37.6 Å². The van der Waals surface area contributed by atoms with E-state index in [-0.39, 0.29) is 5.41 Å². The van der Waals surface area contributed by atoms with Crippen molar-refractivity contribution in [1.82, 2.24) is 9.55 Å². The first kappa shape index (κ1) is 12.8. The Kier molecular flexibility index (Phi) is 3.53. The largest absolute Gasteiger partial charge is 0.330 e. The van der Waals surface area contributed by atoms with Crippen molar-refractivity contribution in [3.63, 3.8) is 0 Å². The van der Waals surface area contributed by atoms with E-state index in [4.69, 9.17) is 5.73 Å². The lowest BCUT2D eigenvalue weighted by atomic mass is 9.92. The fraction of sp³-hybridized carbons (Fsp3) is 0.400. The Labute approximate surface area is 109 Å². The van der Waals surface area contributed by atoms with E-state index in [2.05, 4.69) is 54.6 Å². The van der Waals surface area contributed by atoms with Crippen LogP contribution in [-0.4, -0.2) is 9.55 Å². The van der Waals surface area contributed by atoms with Crippen LogP contribution < -0.4 is 5.73 Å². The second-order valence-electron chi connectivity index (χ2n) is 5.68. The molecule has 18 heavy (non-hydrogen) atoms. The van der Waals surface area contributed by atoms with Gasteiger partial charge in [-0.1, -0.05) is 45.0 Å². The molecule has 3 heteroatoms. The minimum atomic E-state index is 0.119. The predicted molar refractivity (Wildman–Crippen MR) is 74.4 cm³/mol. The molecule has 0 aliphatic carbocycles. The summed E-state index contributed by atoms with van der Waals surface area (Å²) in [5.41, 5.74) is 9.42. The summed E-state index contributed by atoms with van der Waals surface area (Å²) >= 11 is 0. The molecule has 0 amide bonds. The van der Waals surface area contributed by atoms with E-state index < -0.39 is 0 Å². The second kappa shape index (κ2) is 4.94. The van der Waals surface area contributed by atoms with Gasteiger partial charge in [-0.2, -0.15) is 0 Å². The number of rotatable bonds is 3. The topological polar surface area (TPSA) is 43.8 Å². The molecular formula is C15H21N3. The second-order valence-corrected chi connectivity index (χ2v) is 5.68. The van der Waals surface area contributed by atoms with Crippen molar-refractivity contribution < 1.29 is 0 Å². The summed E-state index contributed by atoms with van der Waals surface area (Å²) in [7, 11) is 0. The summed E-state index contributed by atoms with van der Waals surface area (Å²) in [6.07, 6.45) is 3.85. The van der Waals surface area contributed by atoms with E-state index in [0.29, 0.717) is 6.54 Å². The molecule has 96 valence electrons. The number of hydrogen-bond acceptors (Lipinski definition) is 2. The zero-order chi connectivity index (χ0) is 13.2. The molecule has 0 aliphatic heterocycles. The Morgan fingerprint density at radius 3 is 2.28 bits per heavy atom. The summed E-state index contributed by atoms with van der Waals surface area (Å²) < 4.78 is 2.21. The first-order valence-electron chi connectivity index (χ1n) is 6.29. The molecular weight excluding hydrogens is 222 g/mol. The van der Waals surface area contributed by atoms with Crippen molar-refractivity contribution >= 4 is 0 Å². The summed E-state index contributed by atoms with van der Waals surface area (Å²) in [4.78, 5) is 4.26. The van der Waals surface area contributed by atoms with Crippen LogP contribution in [0.25, 0.3) is 0 Å². The normalized spacial score (nSPS) is 11.8. The molecule has 1 heterocycles. The molecule has 0 aliphatic rings. The number of aromatic nitrogens is 2.